The molecule has 1 atom stereocenters. The maximum atomic E-state index is 12.4. The van der Waals surface area contributed by atoms with Crippen molar-refractivity contribution in [2.45, 2.75) is 25.3 Å². The summed E-state index contributed by atoms with van der Waals surface area (Å²) in [6.07, 6.45) is 0.873. The topological polar surface area (TPSA) is 112 Å². The van der Waals surface area contributed by atoms with E-state index in [0.717, 1.165) is 9.21 Å². The number of hydrogen-bond donors (Lipinski definition) is 1. The maximum absolute atomic E-state index is 12.4. The number of carbonyl (C=O) groups is 3. The molecule has 9 heteroatoms. The molecule has 3 rings (SSSR count). The van der Waals surface area contributed by atoms with Crippen LogP contribution in [0.4, 0.5) is 0 Å². The lowest BCUT2D eigenvalue weighted by Crippen LogP contribution is -2.42. The van der Waals surface area contributed by atoms with Crippen LogP contribution in [-0.2, 0) is 14.8 Å². The van der Waals surface area contributed by atoms with E-state index in [0.29, 0.717) is 24.0 Å². The second-order valence-electron chi connectivity index (χ2n) is 6.08. The van der Waals surface area contributed by atoms with Gasteiger partial charge in [0.1, 0.15) is 6.04 Å². The second-order valence-corrected chi connectivity index (χ2v) is 8.13. The third-order valence-electron chi connectivity index (χ3n) is 4.51. The number of carbonyl (C=O) groups excluding carboxylic acids is 2. The van der Waals surface area contributed by atoms with E-state index in [1.54, 1.807) is 24.3 Å². The van der Waals surface area contributed by atoms with Crippen LogP contribution in [0.2, 0.25) is 0 Å². The Morgan fingerprint density at radius 3 is 2.32 bits per heavy atom. The second kappa shape index (κ2) is 6.57. The van der Waals surface area contributed by atoms with Gasteiger partial charge in [0, 0.05) is 13.1 Å². The van der Waals surface area contributed by atoms with E-state index in [9.17, 15) is 22.8 Å². The summed E-state index contributed by atoms with van der Waals surface area (Å²) in [5, 5.41) is 9.11. The summed E-state index contributed by atoms with van der Waals surface area (Å²) in [6, 6.07) is 5.43. The van der Waals surface area contributed by atoms with Gasteiger partial charge in [-0.25, -0.2) is 8.42 Å². The van der Waals surface area contributed by atoms with E-state index < -0.39 is 33.8 Å². The first kappa shape index (κ1) is 17.6. The molecule has 1 aromatic rings. The largest absolute Gasteiger partial charge is 0.480 e. The van der Waals surface area contributed by atoms with Crippen LogP contribution >= 0.6 is 0 Å². The van der Waals surface area contributed by atoms with E-state index in [1.165, 1.54) is 0 Å². The first-order valence-electron chi connectivity index (χ1n) is 8.00. The lowest BCUT2D eigenvalue weighted by molar-refractivity contribution is -0.140. The molecule has 0 aliphatic carbocycles. The molecule has 0 bridgehead atoms. The van der Waals surface area contributed by atoms with E-state index in [-0.39, 0.29) is 25.3 Å². The smallest absolute Gasteiger partial charge is 0.322 e. The minimum atomic E-state index is -3.75. The van der Waals surface area contributed by atoms with Gasteiger partial charge in [-0.3, -0.25) is 19.3 Å². The van der Waals surface area contributed by atoms with Gasteiger partial charge in [0.05, 0.1) is 16.9 Å². The van der Waals surface area contributed by atoms with Crippen molar-refractivity contribution >= 4 is 27.8 Å². The third kappa shape index (κ3) is 3.16. The molecular weight excluding hydrogens is 348 g/mol. The fraction of sp³-hybridized carbons (Fsp3) is 0.438. The lowest BCUT2D eigenvalue weighted by Gasteiger charge is -2.21. The van der Waals surface area contributed by atoms with Crippen LogP contribution < -0.4 is 0 Å². The van der Waals surface area contributed by atoms with Crippen LogP contribution in [0.15, 0.2) is 24.3 Å². The minimum Gasteiger partial charge on any atom is -0.480 e. The number of aliphatic carboxylic acids is 1. The number of carboxylic acid groups (broad SMARTS) is 1. The van der Waals surface area contributed by atoms with Gasteiger partial charge in [0.2, 0.25) is 10.0 Å². The zero-order valence-corrected chi connectivity index (χ0v) is 14.2. The van der Waals surface area contributed by atoms with E-state index in [4.69, 9.17) is 5.11 Å². The Bertz CT molecular complexity index is 800. The average Bonchev–Trinajstić information content (AvgIpc) is 3.16. The fourth-order valence-corrected chi connectivity index (χ4v) is 5.00. The highest BCUT2D eigenvalue weighted by Crippen LogP contribution is 2.24. The molecule has 25 heavy (non-hydrogen) atoms. The summed E-state index contributed by atoms with van der Waals surface area (Å²) in [4.78, 5) is 36.6. The molecule has 2 aliphatic rings. The summed E-state index contributed by atoms with van der Waals surface area (Å²) in [6.45, 7) is 0.170. The van der Waals surface area contributed by atoms with Gasteiger partial charge in [-0.15, -0.1) is 0 Å². The van der Waals surface area contributed by atoms with Crippen molar-refractivity contribution in [1.82, 2.24) is 9.21 Å². The van der Waals surface area contributed by atoms with E-state index in [2.05, 4.69) is 0 Å². The predicted octanol–water partition coefficient (Wildman–Crippen LogP) is 0.552. The summed E-state index contributed by atoms with van der Waals surface area (Å²) >= 11 is 0. The highest BCUT2D eigenvalue weighted by atomic mass is 32.2. The predicted molar refractivity (Wildman–Crippen MR) is 87.6 cm³/mol. The number of carboxylic acids is 1. The lowest BCUT2D eigenvalue weighted by atomic mass is 10.1. The summed E-state index contributed by atoms with van der Waals surface area (Å²) < 4.78 is 25.8. The molecule has 1 N–H and O–H groups in total. The molecule has 2 amide bonds. The number of hydrogen-bond acceptors (Lipinski definition) is 5. The van der Waals surface area contributed by atoms with Gasteiger partial charge in [-0.2, -0.15) is 4.31 Å². The van der Waals surface area contributed by atoms with Crippen LogP contribution in [0.3, 0.4) is 0 Å². The first-order valence-corrected chi connectivity index (χ1v) is 9.61. The highest BCUT2D eigenvalue weighted by Gasteiger charge is 2.39. The minimum absolute atomic E-state index is 0.0167. The molecule has 134 valence electrons. The number of rotatable bonds is 6. The summed E-state index contributed by atoms with van der Waals surface area (Å²) in [5.74, 6) is -2.31. The molecule has 0 radical (unpaired) electrons. The fourth-order valence-electron chi connectivity index (χ4n) is 3.28. The quantitative estimate of drug-likeness (QED) is 0.736. The molecule has 8 nitrogen and oxygen atoms in total. The number of fused-ring (bicyclic) bond motifs is 1. The van der Waals surface area contributed by atoms with Gasteiger partial charge >= 0.3 is 5.97 Å². The molecule has 1 fully saturated rings. The monoisotopic (exact) mass is 366 g/mol. The number of benzene rings is 1. The number of nitrogens with zero attached hydrogens (tertiary/aromatic N) is 2. The molecule has 0 saturated carbocycles. The Hall–Kier alpha value is -2.26. The zero-order chi connectivity index (χ0) is 18.2. The van der Waals surface area contributed by atoms with Crippen LogP contribution in [0, 0.1) is 0 Å². The zero-order valence-electron chi connectivity index (χ0n) is 13.4. The van der Waals surface area contributed by atoms with Gasteiger partial charge in [-0.1, -0.05) is 12.1 Å². The van der Waals surface area contributed by atoms with Crippen molar-refractivity contribution in [3.8, 4) is 0 Å². The molecular formula is C16H18N2O6S. The van der Waals surface area contributed by atoms with Gasteiger partial charge in [-0.05, 0) is 31.4 Å². The Balaban J connectivity index is 1.63. The van der Waals surface area contributed by atoms with Crippen LogP contribution in [-0.4, -0.2) is 65.4 Å². The molecule has 0 aromatic heterocycles. The van der Waals surface area contributed by atoms with Gasteiger partial charge in [0.15, 0.2) is 0 Å². The molecule has 1 saturated heterocycles. The van der Waals surface area contributed by atoms with Crippen molar-refractivity contribution in [3.63, 3.8) is 0 Å². The number of amides is 2. The van der Waals surface area contributed by atoms with Crippen molar-refractivity contribution in [1.29, 1.82) is 0 Å². The molecule has 2 aliphatic heterocycles. The average molecular weight is 366 g/mol. The van der Waals surface area contributed by atoms with E-state index in [1.807, 2.05) is 0 Å². The van der Waals surface area contributed by atoms with Gasteiger partial charge in [0.25, 0.3) is 11.8 Å². The van der Waals surface area contributed by atoms with Crippen LogP contribution in [0.25, 0.3) is 0 Å². The van der Waals surface area contributed by atoms with Crippen molar-refractivity contribution in [3.05, 3.63) is 35.4 Å². The maximum Gasteiger partial charge on any atom is 0.322 e. The third-order valence-corrected chi connectivity index (χ3v) is 6.46. The number of imide groups is 1. The first-order chi connectivity index (χ1) is 11.8. The normalized spacial score (nSPS) is 21.0. The molecule has 1 aromatic carbocycles. The van der Waals surface area contributed by atoms with Crippen molar-refractivity contribution in [2.75, 3.05) is 18.8 Å². The van der Waals surface area contributed by atoms with Crippen molar-refractivity contribution in [2.24, 2.45) is 0 Å². The van der Waals surface area contributed by atoms with Gasteiger partial charge < -0.3 is 5.11 Å². The standard InChI is InChI=1S/C16H18N2O6S/c19-14-11-5-1-2-6-12(11)15(20)17(14)8-4-10-25(23,24)18-9-3-7-13(18)16(21)22/h1-2,5-6,13H,3-4,7-10H2,(H,21,22)/t13-/m1/s1. The Labute approximate surface area is 145 Å². The van der Waals surface area contributed by atoms with Crippen LogP contribution in [0.1, 0.15) is 40.0 Å². The number of sulfonamides is 1. The SMILES string of the molecule is O=C(O)[C@H]1CCCN1S(=O)(=O)CCCN1C(=O)c2ccccc2C1=O. The van der Waals surface area contributed by atoms with E-state index >= 15 is 0 Å². The highest BCUT2D eigenvalue weighted by molar-refractivity contribution is 7.89. The molecule has 0 unspecified atom stereocenters. The van der Waals surface area contributed by atoms with Crippen LogP contribution in [0.5, 0.6) is 0 Å². The Morgan fingerprint density at radius 1 is 1.16 bits per heavy atom. The molecule has 0 spiro atoms. The Morgan fingerprint density at radius 2 is 1.76 bits per heavy atom. The Kier molecular flexibility index (Phi) is 4.61. The van der Waals surface area contributed by atoms with Crippen molar-refractivity contribution < 1.29 is 27.9 Å². The molecule has 2 heterocycles. The summed E-state index contributed by atoms with van der Waals surface area (Å²) in [7, 11) is -3.75. The summed E-state index contributed by atoms with van der Waals surface area (Å²) in [5.41, 5.74) is 0.640.